The molecule has 172 valence electrons. The Morgan fingerprint density at radius 1 is 1.03 bits per heavy atom. The van der Waals surface area contributed by atoms with Gasteiger partial charge in [-0.15, -0.1) is 0 Å². The summed E-state index contributed by atoms with van der Waals surface area (Å²) in [5, 5.41) is 0. The molecule has 1 saturated heterocycles. The number of ketones is 1. The molecule has 4 rings (SSSR count). The van der Waals surface area contributed by atoms with Gasteiger partial charge in [0.05, 0.1) is 11.3 Å². The number of hydrogen-bond donors (Lipinski definition) is 0. The van der Waals surface area contributed by atoms with E-state index >= 15 is 0 Å². The zero-order valence-corrected chi connectivity index (χ0v) is 18.3. The molecule has 0 amide bonds. The number of rotatable bonds is 8. The smallest absolute Gasteiger partial charge is 0.416 e. The van der Waals surface area contributed by atoms with Gasteiger partial charge in [0.2, 0.25) is 0 Å². The van der Waals surface area contributed by atoms with Gasteiger partial charge in [0.25, 0.3) is 0 Å². The average molecular weight is 454 g/mol. The zero-order valence-electron chi connectivity index (χ0n) is 18.3. The topological polar surface area (TPSA) is 42.4 Å². The van der Waals surface area contributed by atoms with Crippen LogP contribution in [0.25, 0.3) is 11.3 Å². The van der Waals surface area contributed by atoms with Gasteiger partial charge in [-0.05, 0) is 60.5 Å². The van der Waals surface area contributed by atoms with Crippen LogP contribution in [0.4, 0.5) is 13.2 Å². The first kappa shape index (κ1) is 23.0. The fourth-order valence-electron chi connectivity index (χ4n) is 3.78. The van der Waals surface area contributed by atoms with E-state index in [9.17, 15) is 18.0 Å². The lowest BCUT2D eigenvalue weighted by Crippen LogP contribution is -2.53. The molecule has 0 spiro atoms. The van der Waals surface area contributed by atoms with Crippen molar-refractivity contribution in [2.24, 2.45) is 0 Å². The van der Waals surface area contributed by atoms with E-state index in [1.165, 1.54) is 12.1 Å². The van der Waals surface area contributed by atoms with Crippen molar-refractivity contribution in [2.45, 2.75) is 38.6 Å². The fraction of sp³-hybridized carbons (Fsp3) is 0.308. The van der Waals surface area contributed by atoms with Gasteiger partial charge >= 0.3 is 6.18 Å². The van der Waals surface area contributed by atoms with Crippen LogP contribution in [0.1, 0.15) is 41.3 Å². The minimum Gasteiger partial charge on any atom is -0.488 e. The van der Waals surface area contributed by atoms with Crippen molar-refractivity contribution in [1.29, 1.82) is 0 Å². The third kappa shape index (κ3) is 5.79. The van der Waals surface area contributed by atoms with Crippen LogP contribution in [0.5, 0.6) is 5.75 Å². The van der Waals surface area contributed by atoms with Crippen molar-refractivity contribution in [3.8, 4) is 17.0 Å². The zero-order chi connectivity index (χ0) is 23.4. The number of carbonyl (C=O) groups is 1. The Morgan fingerprint density at radius 3 is 2.30 bits per heavy atom. The molecule has 0 bridgehead atoms. The van der Waals surface area contributed by atoms with Crippen LogP contribution in [0.15, 0.2) is 66.9 Å². The number of carbonyl (C=O) groups excluding carboxylic acids is 1. The first-order chi connectivity index (χ1) is 15.8. The van der Waals surface area contributed by atoms with Gasteiger partial charge in [-0.3, -0.25) is 14.7 Å². The highest BCUT2D eigenvalue weighted by Gasteiger charge is 2.31. The molecule has 0 radical (unpaired) electrons. The number of benzene rings is 2. The largest absolute Gasteiger partial charge is 0.488 e. The first-order valence-corrected chi connectivity index (χ1v) is 11.0. The van der Waals surface area contributed by atoms with Crippen LogP contribution in [-0.4, -0.2) is 34.9 Å². The molecule has 2 heterocycles. The average Bonchev–Trinajstić information content (AvgIpc) is 2.78. The summed E-state index contributed by atoms with van der Waals surface area (Å²) in [5.41, 5.74) is 2.58. The molecule has 1 fully saturated rings. The number of alkyl halides is 3. The normalized spacial score (nSPS) is 14.7. The van der Waals surface area contributed by atoms with E-state index in [-0.39, 0.29) is 11.9 Å². The molecule has 7 heteroatoms. The molecule has 33 heavy (non-hydrogen) atoms. The second kappa shape index (κ2) is 9.75. The molecular formula is C26H25F3N2O2. The van der Waals surface area contributed by atoms with Crippen LogP contribution in [0.3, 0.4) is 0 Å². The number of Topliss-reactive ketones (excluding diaryl/α,β-unsaturated/α-hetero) is 1. The van der Waals surface area contributed by atoms with E-state index in [1.807, 2.05) is 43.3 Å². The molecular weight excluding hydrogens is 429 g/mol. The lowest BCUT2D eigenvalue weighted by atomic mass is 10.1. The van der Waals surface area contributed by atoms with E-state index < -0.39 is 11.7 Å². The van der Waals surface area contributed by atoms with E-state index in [0.717, 1.165) is 54.2 Å². The van der Waals surface area contributed by atoms with Gasteiger partial charge in [0.15, 0.2) is 5.78 Å². The minimum absolute atomic E-state index is 0.0484. The number of aromatic nitrogens is 1. The van der Waals surface area contributed by atoms with Gasteiger partial charge < -0.3 is 4.74 Å². The number of ether oxygens (including phenoxy) is 1. The summed E-state index contributed by atoms with van der Waals surface area (Å²) in [6.07, 6.45) is -1.30. The van der Waals surface area contributed by atoms with Gasteiger partial charge in [-0.1, -0.05) is 19.1 Å². The molecule has 1 aliphatic heterocycles. The quantitative estimate of drug-likeness (QED) is 0.391. The van der Waals surface area contributed by atoms with Gasteiger partial charge in [-0.2, -0.15) is 13.2 Å². The molecule has 4 nitrogen and oxygen atoms in total. The van der Waals surface area contributed by atoms with Gasteiger partial charge in [-0.25, -0.2) is 0 Å². The second-order valence-corrected chi connectivity index (χ2v) is 8.26. The number of nitrogens with zero attached hydrogens (tertiary/aromatic N) is 2. The molecule has 3 aromatic rings. The van der Waals surface area contributed by atoms with Crippen LogP contribution < -0.4 is 4.74 Å². The van der Waals surface area contributed by atoms with Crippen molar-refractivity contribution in [2.75, 3.05) is 13.1 Å². The maximum atomic E-state index is 12.7. The third-order valence-electron chi connectivity index (χ3n) is 5.63. The molecule has 0 N–H and O–H groups in total. The van der Waals surface area contributed by atoms with E-state index in [2.05, 4.69) is 9.88 Å². The van der Waals surface area contributed by atoms with Crippen LogP contribution in [-0.2, 0) is 12.7 Å². The van der Waals surface area contributed by atoms with Crippen LogP contribution >= 0.6 is 0 Å². The van der Waals surface area contributed by atoms with Crippen molar-refractivity contribution in [3.63, 3.8) is 0 Å². The Kier molecular flexibility index (Phi) is 6.79. The summed E-state index contributed by atoms with van der Waals surface area (Å²) < 4.78 is 44.0. The van der Waals surface area contributed by atoms with Crippen molar-refractivity contribution < 1.29 is 22.7 Å². The minimum atomic E-state index is -4.31. The van der Waals surface area contributed by atoms with E-state index in [0.29, 0.717) is 18.5 Å². The summed E-state index contributed by atoms with van der Waals surface area (Å²) in [4.78, 5) is 18.5. The molecule has 1 aliphatic rings. The number of hydrogen-bond acceptors (Lipinski definition) is 4. The van der Waals surface area contributed by atoms with E-state index in [4.69, 9.17) is 4.74 Å². The molecule has 0 saturated carbocycles. The number of likely N-dealkylation sites (tertiary alicyclic amines) is 1. The summed E-state index contributed by atoms with van der Waals surface area (Å²) in [6.45, 7) is 4.01. The Balaban J connectivity index is 1.26. The molecule has 0 atom stereocenters. The highest BCUT2D eigenvalue weighted by molar-refractivity contribution is 5.95. The number of halogens is 3. The summed E-state index contributed by atoms with van der Waals surface area (Å²) >= 11 is 0. The Morgan fingerprint density at radius 2 is 1.73 bits per heavy atom. The molecule has 0 unspecified atom stereocenters. The fourth-order valence-corrected chi connectivity index (χ4v) is 3.78. The maximum absolute atomic E-state index is 12.7. The highest BCUT2D eigenvalue weighted by Crippen LogP contribution is 2.30. The summed E-state index contributed by atoms with van der Waals surface area (Å²) in [7, 11) is 0. The highest BCUT2D eigenvalue weighted by atomic mass is 19.4. The summed E-state index contributed by atoms with van der Waals surface area (Å²) in [5.74, 6) is 0.862. The van der Waals surface area contributed by atoms with Crippen LogP contribution in [0, 0.1) is 0 Å². The van der Waals surface area contributed by atoms with Crippen molar-refractivity contribution in [3.05, 3.63) is 83.6 Å². The Labute approximate surface area is 191 Å². The summed E-state index contributed by atoms with van der Waals surface area (Å²) in [6, 6.07) is 16.6. The SMILES string of the molecule is CCCC(=O)c1ccc(-c2ccc(OC3CN(Cc4ccc(C(F)(F)F)cc4)C3)cc2)nc1. The maximum Gasteiger partial charge on any atom is 0.416 e. The Hall–Kier alpha value is -3.19. The molecule has 0 aliphatic carbocycles. The third-order valence-corrected chi connectivity index (χ3v) is 5.63. The van der Waals surface area contributed by atoms with Gasteiger partial charge in [0, 0.05) is 43.4 Å². The standard InChI is InChI=1S/C26H25F3N2O2/c1-2-3-25(32)20-8-13-24(30-14-20)19-6-11-22(12-7-19)33-23-16-31(17-23)15-18-4-9-21(10-5-18)26(27,28)29/h4-14,23H,2-3,15-17H2,1H3. The second-order valence-electron chi connectivity index (χ2n) is 8.26. The lowest BCUT2D eigenvalue weighted by molar-refractivity contribution is -0.137. The lowest BCUT2D eigenvalue weighted by Gasteiger charge is -2.39. The van der Waals surface area contributed by atoms with E-state index in [1.54, 1.807) is 6.20 Å². The van der Waals surface area contributed by atoms with Gasteiger partial charge in [0.1, 0.15) is 11.9 Å². The molecule has 2 aromatic carbocycles. The van der Waals surface area contributed by atoms with Crippen molar-refractivity contribution >= 4 is 5.78 Å². The Bertz CT molecular complexity index is 1070. The predicted molar refractivity (Wildman–Crippen MR) is 120 cm³/mol. The monoisotopic (exact) mass is 454 g/mol. The van der Waals surface area contributed by atoms with Crippen LogP contribution in [0.2, 0.25) is 0 Å². The number of pyridine rings is 1. The van der Waals surface area contributed by atoms with Crippen molar-refractivity contribution in [1.82, 2.24) is 9.88 Å². The predicted octanol–water partition coefficient (Wildman–Crippen LogP) is 6.01. The molecule has 1 aromatic heterocycles. The first-order valence-electron chi connectivity index (χ1n) is 11.0.